The Morgan fingerprint density at radius 1 is 0.483 bits per heavy atom. The van der Waals surface area contributed by atoms with Gasteiger partial charge >= 0.3 is 43.0 Å². The lowest BCUT2D eigenvalue weighted by atomic mass is 10.1. The van der Waals surface area contributed by atoms with Crippen LogP contribution in [0.5, 0.6) is 34.9 Å². The monoisotopic (exact) mass is 1420 g/mol. The summed E-state index contributed by atoms with van der Waals surface area (Å²) in [5, 5.41) is -0.333. The molecule has 8 aromatic rings. The lowest BCUT2D eigenvalue weighted by molar-refractivity contribution is -0.687. The first-order valence-corrected chi connectivity index (χ1v) is 24.5. The summed E-state index contributed by atoms with van der Waals surface area (Å²) < 4.78 is 278. The standard InChI is InChI=1S/C20H14F7N4O2.C17H9F7N4O2.C14H7BrF6N2O2.BrH/c1-2-7-30-10-16(21)31(11-30)9-14(32)13-4-6-17(29-18(13)20(25,26)27)33-12-3-5-15(28-8-12)19(22,23)24;18-13-6-25-8-28(13)7-11(29)10-2-4-14(27-15(10)17(22,23)24)30-9-1-3-12(26-5-9)16(19,20)21;15-5-9(24)8-2-4-11(23-12(8)14(19,20)21)25-7-1-3-10(22-6-7)13(16,17)18;/h2-6,8,10-11H,1,7,9H2;1-6,8H,7H2;1-4,6H,5H2;1H/q+1;;;/p-1. The molecule has 8 rings (SSSR count). The van der Waals surface area contributed by atoms with Gasteiger partial charge in [0.05, 0.1) is 54.1 Å². The van der Waals surface area contributed by atoms with Crippen molar-refractivity contribution in [3.8, 4) is 34.9 Å². The zero-order valence-corrected chi connectivity index (χ0v) is 46.5. The number of imidazole rings is 2. The quantitative estimate of drug-likeness (QED) is 0.0293. The molecule has 0 aliphatic heterocycles. The summed E-state index contributed by atoms with van der Waals surface area (Å²) >= 11 is 2.77. The molecule has 0 spiro atoms. The van der Waals surface area contributed by atoms with E-state index in [4.69, 9.17) is 14.2 Å². The van der Waals surface area contributed by atoms with Crippen molar-refractivity contribution in [2.45, 2.75) is 56.7 Å². The summed E-state index contributed by atoms with van der Waals surface area (Å²) in [5.74, 6) is -7.40. The highest BCUT2D eigenvalue weighted by atomic mass is 79.9. The van der Waals surface area contributed by atoms with Gasteiger partial charge in [-0.05, 0) is 54.6 Å². The molecule has 0 aliphatic carbocycles. The largest absolute Gasteiger partial charge is 1.00 e. The molecule has 89 heavy (non-hydrogen) atoms. The van der Waals surface area contributed by atoms with Crippen molar-refractivity contribution in [2.75, 3.05) is 5.33 Å². The summed E-state index contributed by atoms with van der Waals surface area (Å²) in [5.41, 5.74) is -10.6. The van der Waals surface area contributed by atoms with E-state index in [0.29, 0.717) is 41.4 Å². The van der Waals surface area contributed by atoms with Crippen LogP contribution < -0.4 is 35.8 Å². The molecule has 0 radical (unpaired) electrons. The molecule has 0 aliphatic rings. The number of hydrogen-bond acceptors (Lipinski definition) is 13. The lowest BCUT2D eigenvalue weighted by Crippen LogP contribution is -3.00. The number of ketones is 3. The number of alkyl halides is 19. The third kappa shape index (κ3) is 19.5. The van der Waals surface area contributed by atoms with Crippen molar-refractivity contribution in [1.82, 2.24) is 44.0 Å². The van der Waals surface area contributed by atoms with Crippen LogP contribution in [0.3, 0.4) is 0 Å². The molecule has 0 aromatic carbocycles. The fourth-order valence-electron chi connectivity index (χ4n) is 6.82. The highest BCUT2D eigenvalue weighted by Crippen LogP contribution is 2.38. The van der Waals surface area contributed by atoms with Gasteiger partial charge in [0, 0.05) is 23.8 Å². The summed E-state index contributed by atoms with van der Waals surface area (Å²) in [6.07, 6.45) is -21.6. The molecule has 0 amide bonds. The number of pyridine rings is 6. The van der Waals surface area contributed by atoms with Gasteiger partial charge in [-0.1, -0.05) is 28.6 Å². The molecule has 8 heterocycles. The minimum absolute atomic E-state index is 0. The van der Waals surface area contributed by atoms with Gasteiger partial charge in [0.25, 0.3) is 0 Å². The fraction of sp³-hybridized carbons (Fsp3) is 0.196. The van der Waals surface area contributed by atoms with Crippen molar-refractivity contribution < 1.29 is 138 Å². The van der Waals surface area contributed by atoms with E-state index in [1.165, 1.54) is 17.0 Å². The van der Waals surface area contributed by atoms with E-state index < -0.39 is 148 Å². The predicted molar refractivity (Wildman–Crippen MR) is 259 cm³/mol. The van der Waals surface area contributed by atoms with Crippen LogP contribution in [0.2, 0.25) is 0 Å². The number of ether oxygens (including phenoxy) is 3. The number of hydrogen-bond donors (Lipinski definition) is 0. The molecule has 0 saturated carbocycles. The molecule has 0 N–H and O–H groups in total. The maximum absolute atomic E-state index is 14.0. The Kier molecular flexibility index (Phi) is 22.6. The van der Waals surface area contributed by atoms with Crippen LogP contribution in [0.15, 0.2) is 129 Å². The van der Waals surface area contributed by atoms with Crippen LogP contribution in [0.1, 0.15) is 65.2 Å². The second kappa shape index (κ2) is 28.5. The maximum Gasteiger partial charge on any atom is 0.434 e. The van der Waals surface area contributed by atoms with Crippen LogP contribution >= 0.6 is 15.9 Å². The molecular weight excluding hydrogens is 1390 g/mol. The molecule has 474 valence electrons. The maximum atomic E-state index is 14.0. The molecule has 0 atom stereocenters. The number of aromatic nitrogens is 10. The van der Waals surface area contributed by atoms with Crippen molar-refractivity contribution in [3.05, 3.63) is 192 Å². The van der Waals surface area contributed by atoms with Gasteiger partial charge < -0.3 is 31.2 Å². The first-order valence-electron chi connectivity index (χ1n) is 23.4. The smallest absolute Gasteiger partial charge is 0.434 e. The highest BCUT2D eigenvalue weighted by molar-refractivity contribution is 9.09. The van der Waals surface area contributed by atoms with Gasteiger partial charge in [-0.3, -0.25) is 19.0 Å². The lowest BCUT2D eigenvalue weighted by Gasteiger charge is -2.13. The Morgan fingerprint density at radius 2 is 0.831 bits per heavy atom. The van der Waals surface area contributed by atoms with Gasteiger partial charge in [-0.2, -0.15) is 92.4 Å². The number of Topliss-reactive ketones (excluding diaryl/α,β-unsaturated/α-hetero) is 3. The Hall–Kier alpha value is -8.97. The summed E-state index contributed by atoms with van der Waals surface area (Å²) in [7, 11) is 0. The number of nitrogens with zero attached hydrogens (tertiary/aromatic N) is 10. The molecule has 0 fully saturated rings. The molecule has 0 bridgehead atoms. The SMILES string of the molecule is C=CC[n+]1cc(F)n(CC(=O)c2ccc(Oc3ccc(C(F)(F)F)nc3)nc2C(F)(F)F)c1.O=C(CBr)c1ccc(Oc2ccc(C(F)(F)F)nc2)nc1C(F)(F)F.O=C(Cn1cncc1F)c1ccc(Oc2ccc(C(F)(F)F)nc2)nc1C(F)(F)F.[Br-]. The van der Waals surface area contributed by atoms with Gasteiger partial charge in [0.1, 0.15) is 40.9 Å². The Balaban J connectivity index is 0.000000244. The van der Waals surface area contributed by atoms with E-state index in [-0.39, 0.29) is 46.1 Å². The zero-order chi connectivity index (χ0) is 65.3. The van der Waals surface area contributed by atoms with Gasteiger partial charge in [-0.15, -0.1) is 0 Å². The van der Waals surface area contributed by atoms with E-state index in [2.05, 4.69) is 57.4 Å². The van der Waals surface area contributed by atoms with Crippen LogP contribution in [0, 0.1) is 11.9 Å². The van der Waals surface area contributed by atoms with E-state index in [1.807, 2.05) is 0 Å². The number of rotatable bonds is 16. The van der Waals surface area contributed by atoms with Gasteiger partial charge in [0.2, 0.25) is 35.7 Å². The number of carbonyl (C=O) groups is 3. The normalized spacial score (nSPS) is 11.9. The molecule has 16 nitrogen and oxygen atoms in total. The molecule has 0 unspecified atom stereocenters. The molecule has 38 heteroatoms. The Bertz CT molecular complexity index is 3780. The Labute approximate surface area is 502 Å². The average Bonchev–Trinajstić information content (AvgIpc) is 2.77. The minimum Gasteiger partial charge on any atom is -1.00 e. The fourth-order valence-corrected chi connectivity index (χ4v) is 7.12. The van der Waals surface area contributed by atoms with E-state index in [1.54, 1.807) is 0 Å². The van der Waals surface area contributed by atoms with E-state index in [9.17, 15) is 102 Å². The summed E-state index contributed by atoms with van der Waals surface area (Å²) in [4.78, 5) is 58.8. The number of allylic oxidation sites excluding steroid dienone is 1. The second-order valence-corrected chi connectivity index (χ2v) is 17.6. The van der Waals surface area contributed by atoms with Crippen LogP contribution in [-0.4, -0.2) is 66.7 Å². The van der Waals surface area contributed by atoms with Crippen molar-refractivity contribution in [3.63, 3.8) is 0 Å². The number of halogens is 22. The number of carbonyl (C=O) groups excluding carboxylic acids is 3. The first-order chi connectivity index (χ1) is 40.8. The summed E-state index contributed by atoms with van der Waals surface area (Å²) in [6, 6.07) is 9.70. The second-order valence-electron chi connectivity index (χ2n) is 17.0. The van der Waals surface area contributed by atoms with Crippen LogP contribution in [0.4, 0.5) is 87.8 Å². The topological polar surface area (TPSA) is 183 Å². The minimum atomic E-state index is -5.07. The van der Waals surface area contributed by atoms with Gasteiger partial charge in [-0.25, -0.2) is 39.5 Å². The molecule has 0 saturated heterocycles. The third-order valence-electron chi connectivity index (χ3n) is 10.6. The van der Waals surface area contributed by atoms with Crippen molar-refractivity contribution in [2.24, 2.45) is 0 Å². The molecule has 8 aromatic heterocycles. The van der Waals surface area contributed by atoms with Gasteiger partial charge in [0.15, 0.2) is 41.4 Å². The van der Waals surface area contributed by atoms with Crippen LogP contribution in [-0.2, 0) is 56.7 Å². The van der Waals surface area contributed by atoms with Crippen molar-refractivity contribution >= 4 is 33.3 Å². The highest BCUT2D eigenvalue weighted by Gasteiger charge is 2.41. The van der Waals surface area contributed by atoms with E-state index >= 15 is 0 Å². The molecular formula is C51H30Br2F20N10O6. The first kappa shape index (κ1) is 70.8. The van der Waals surface area contributed by atoms with Crippen LogP contribution in [0.25, 0.3) is 0 Å². The Morgan fingerprint density at radius 3 is 1.11 bits per heavy atom. The van der Waals surface area contributed by atoms with E-state index in [0.717, 1.165) is 77.9 Å². The van der Waals surface area contributed by atoms with Crippen molar-refractivity contribution in [1.29, 1.82) is 0 Å². The third-order valence-corrected chi connectivity index (χ3v) is 11.2. The zero-order valence-electron chi connectivity index (χ0n) is 43.3. The average molecular weight is 1420 g/mol. The summed E-state index contributed by atoms with van der Waals surface area (Å²) in [6.45, 7) is 2.21. The predicted octanol–water partition coefficient (Wildman–Crippen LogP) is 11.0.